The molecule has 1 saturated carbocycles. The molecule has 0 radical (unpaired) electrons. The van der Waals surface area contributed by atoms with Crippen LogP contribution in [0.2, 0.25) is 0 Å². The lowest BCUT2D eigenvalue weighted by atomic mass is 9.85. The van der Waals surface area contributed by atoms with Gasteiger partial charge in [-0.2, -0.15) is 0 Å². The quantitative estimate of drug-likeness (QED) is 0.801. The van der Waals surface area contributed by atoms with Gasteiger partial charge in [0.25, 0.3) is 0 Å². The van der Waals surface area contributed by atoms with E-state index in [1.165, 1.54) is 0 Å². The van der Waals surface area contributed by atoms with Crippen molar-refractivity contribution >= 4 is 11.5 Å². The van der Waals surface area contributed by atoms with Crippen molar-refractivity contribution in [2.45, 2.75) is 37.5 Å². The van der Waals surface area contributed by atoms with E-state index in [2.05, 4.69) is 4.98 Å². The molecule has 0 spiro atoms. The first-order valence-corrected chi connectivity index (χ1v) is 7.84. The van der Waals surface area contributed by atoms with Crippen LogP contribution in [0.5, 0.6) is 5.75 Å². The molecule has 1 fully saturated rings. The average Bonchev–Trinajstić information content (AvgIpc) is 3.37. The third kappa shape index (κ3) is 3.02. The van der Waals surface area contributed by atoms with Gasteiger partial charge < -0.3 is 10.5 Å². The molecule has 1 aromatic carbocycles. The van der Waals surface area contributed by atoms with E-state index in [1.54, 1.807) is 36.7 Å². The Bertz CT molecular complexity index is 719. The van der Waals surface area contributed by atoms with E-state index in [0.717, 1.165) is 24.0 Å². The van der Waals surface area contributed by atoms with E-state index >= 15 is 0 Å². The lowest BCUT2D eigenvalue weighted by molar-refractivity contribution is -0.115. The summed E-state index contributed by atoms with van der Waals surface area (Å²) in [4.78, 5) is 16.8. The highest BCUT2D eigenvalue weighted by Crippen LogP contribution is 2.49. The highest BCUT2D eigenvalue weighted by molar-refractivity contribution is 6.42. The summed E-state index contributed by atoms with van der Waals surface area (Å²) in [5.74, 6) is 0.229. The second-order valence-corrected chi connectivity index (χ2v) is 6.32. The Balaban J connectivity index is 1.72. The van der Waals surface area contributed by atoms with Gasteiger partial charge in [-0.3, -0.25) is 9.78 Å². The first kappa shape index (κ1) is 15.4. The van der Waals surface area contributed by atoms with Crippen molar-refractivity contribution in [1.29, 1.82) is 5.41 Å². The maximum Gasteiger partial charge on any atom is 0.186 e. The molecule has 1 unspecified atom stereocenters. The number of ketones is 1. The molecule has 1 aromatic heterocycles. The van der Waals surface area contributed by atoms with Gasteiger partial charge in [-0.05, 0) is 60.6 Å². The number of hydrogen-bond donors (Lipinski definition) is 2. The van der Waals surface area contributed by atoms with Crippen molar-refractivity contribution in [3.8, 4) is 5.75 Å². The average molecular weight is 308 g/mol. The molecule has 0 amide bonds. The lowest BCUT2D eigenvalue weighted by Crippen LogP contribution is -2.29. The zero-order chi connectivity index (χ0) is 16.4. The number of carbonyl (C=O) groups excluding carboxylic acids is 1. The van der Waals surface area contributed by atoms with Crippen LogP contribution in [0.15, 0.2) is 48.8 Å². The predicted octanol–water partition coefficient (Wildman–Crippen LogP) is 3.60. The van der Waals surface area contributed by atoms with Crippen LogP contribution in [0, 0.1) is 5.41 Å². The number of carbonyl (C=O) groups is 1. The van der Waals surface area contributed by atoms with E-state index in [1.807, 2.05) is 19.1 Å². The van der Waals surface area contributed by atoms with Gasteiger partial charge in [-0.15, -0.1) is 0 Å². The molecule has 0 aliphatic heterocycles. The van der Waals surface area contributed by atoms with Crippen molar-refractivity contribution in [3.05, 3.63) is 59.9 Å². The van der Waals surface area contributed by atoms with Crippen LogP contribution in [0.4, 0.5) is 0 Å². The van der Waals surface area contributed by atoms with Crippen LogP contribution in [-0.4, -0.2) is 21.6 Å². The van der Waals surface area contributed by atoms with Crippen molar-refractivity contribution in [1.82, 2.24) is 4.98 Å². The molecule has 0 saturated heterocycles. The second-order valence-electron chi connectivity index (χ2n) is 6.32. The second kappa shape index (κ2) is 5.95. The first-order chi connectivity index (χ1) is 11.0. The fraction of sp³-hybridized carbons (Fsp3) is 0.316. The molecule has 2 N–H and O–H groups in total. The number of rotatable bonds is 6. The van der Waals surface area contributed by atoms with E-state index in [0.29, 0.717) is 6.42 Å². The van der Waals surface area contributed by atoms with Gasteiger partial charge in [0, 0.05) is 12.4 Å². The molecule has 118 valence electrons. The number of nitrogens with zero attached hydrogens (tertiary/aromatic N) is 1. The molecular weight excluding hydrogens is 288 g/mol. The Hall–Kier alpha value is -2.49. The van der Waals surface area contributed by atoms with Crippen molar-refractivity contribution < 1.29 is 9.90 Å². The molecule has 2 aromatic rings. The fourth-order valence-corrected chi connectivity index (χ4v) is 3.05. The third-order valence-corrected chi connectivity index (χ3v) is 4.66. The standard InChI is InChI=1S/C19H20N2O2/c1-13(14-6-10-21-11-7-14)12-17(20)18(23)19(8-9-19)15-2-4-16(22)5-3-15/h2-7,10-11,13,20,22H,8-9,12H2,1H3. The van der Waals surface area contributed by atoms with Gasteiger partial charge in [0.2, 0.25) is 0 Å². The van der Waals surface area contributed by atoms with Crippen LogP contribution in [-0.2, 0) is 10.2 Å². The molecule has 4 nitrogen and oxygen atoms in total. The van der Waals surface area contributed by atoms with Gasteiger partial charge in [0.1, 0.15) is 5.75 Å². The number of nitrogens with one attached hydrogen (secondary N) is 1. The Labute approximate surface area is 135 Å². The van der Waals surface area contributed by atoms with E-state index in [-0.39, 0.29) is 23.2 Å². The summed E-state index contributed by atoms with van der Waals surface area (Å²) in [7, 11) is 0. The number of aromatic hydroxyl groups is 1. The Morgan fingerprint density at radius 1 is 1.22 bits per heavy atom. The number of pyridine rings is 1. The van der Waals surface area contributed by atoms with Gasteiger partial charge in [-0.25, -0.2) is 0 Å². The van der Waals surface area contributed by atoms with E-state index < -0.39 is 5.41 Å². The zero-order valence-electron chi connectivity index (χ0n) is 13.1. The topological polar surface area (TPSA) is 74.0 Å². The van der Waals surface area contributed by atoms with Crippen molar-refractivity contribution in [2.75, 3.05) is 0 Å². The Morgan fingerprint density at radius 2 is 1.83 bits per heavy atom. The summed E-state index contributed by atoms with van der Waals surface area (Å²) < 4.78 is 0. The van der Waals surface area contributed by atoms with Crippen LogP contribution in [0.25, 0.3) is 0 Å². The minimum absolute atomic E-state index is 0.0795. The smallest absolute Gasteiger partial charge is 0.186 e. The number of phenols is 1. The monoisotopic (exact) mass is 308 g/mol. The normalized spacial score (nSPS) is 16.6. The Kier molecular flexibility index (Phi) is 3.99. The summed E-state index contributed by atoms with van der Waals surface area (Å²) in [6.45, 7) is 2.03. The number of hydrogen-bond acceptors (Lipinski definition) is 4. The van der Waals surface area contributed by atoms with Gasteiger partial charge in [-0.1, -0.05) is 19.1 Å². The van der Waals surface area contributed by atoms with Crippen LogP contribution < -0.4 is 0 Å². The van der Waals surface area contributed by atoms with Gasteiger partial charge in [0.15, 0.2) is 5.78 Å². The molecule has 3 rings (SSSR count). The summed E-state index contributed by atoms with van der Waals surface area (Å²) in [6, 6.07) is 10.6. The molecule has 1 aliphatic rings. The molecular formula is C19H20N2O2. The summed E-state index contributed by atoms with van der Waals surface area (Å²) >= 11 is 0. The van der Waals surface area contributed by atoms with E-state index in [9.17, 15) is 9.90 Å². The fourth-order valence-electron chi connectivity index (χ4n) is 3.05. The molecule has 4 heteroatoms. The van der Waals surface area contributed by atoms with E-state index in [4.69, 9.17) is 5.41 Å². The summed E-state index contributed by atoms with van der Waals surface area (Å²) in [6.07, 6.45) is 5.46. The highest BCUT2D eigenvalue weighted by Gasteiger charge is 2.52. The first-order valence-electron chi connectivity index (χ1n) is 7.84. The van der Waals surface area contributed by atoms with Gasteiger partial charge in [0.05, 0.1) is 11.1 Å². The summed E-state index contributed by atoms with van der Waals surface area (Å²) in [5.41, 5.74) is 1.64. The highest BCUT2D eigenvalue weighted by atomic mass is 16.3. The van der Waals surface area contributed by atoms with Crippen molar-refractivity contribution in [3.63, 3.8) is 0 Å². The number of Topliss-reactive ketones (excluding diaryl/α,β-unsaturated/α-hetero) is 1. The lowest BCUT2D eigenvalue weighted by Gasteiger charge is -2.17. The number of phenolic OH excluding ortho intramolecular Hbond substituents is 1. The Morgan fingerprint density at radius 3 is 2.39 bits per heavy atom. The predicted molar refractivity (Wildman–Crippen MR) is 89.0 cm³/mol. The summed E-state index contributed by atoms with van der Waals surface area (Å²) in [5, 5.41) is 17.7. The molecule has 1 heterocycles. The number of benzene rings is 1. The van der Waals surface area contributed by atoms with Crippen LogP contribution in [0.3, 0.4) is 0 Å². The molecule has 23 heavy (non-hydrogen) atoms. The molecule has 1 aliphatic carbocycles. The minimum atomic E-state index is -0.539. The van der Waals surface area contributed by atoms with Crippen LogP contribution >= 0.6 is 0 Å². The largest absolute Gasteiger partial charge is 0.508 e. The minimum Gasteiger partial charge on any atom is -0.508 e. The molecule has 1 atom stereocenters. The van der Waals surface area contributed by atoms with Crippen LogP contribution in [0.1, 0.15) is 43.2 Å². The number of aromatic nitrogens is 1. The molecule has 0 bridgehead atoms. The zero-order valence-corrected chi connectivity index (χ0v) is 13.1. The van der Waals surface area contributed by atoms with Gasteiger partial charge >= 0.3 is 0 Å². The van der Waals surface area contributed by atoms with Crippen molar-refractivity contribution in [2.24, 2.45) is 0 Å². The maximum absolute atomic E-state index is 12.8. The maximum atomic E-state index is 12.8. The SMILES string of the molecule is CC(CC(=N)C(=O)C1(c2ccc(O)cc2)CC1)c1ccncc1. The third-order valence-electron chi connectivity index (χ3n) is 4.66.